The quantitative estimate of drug-likeness (QED) is 0.304. The zero-order valence-electron chi connectivity index (χ0n) is 16.9. The van der Waals surface area contributed by atoms with E-state index >= 15 is 0 Å². The molecule has 0 aliphatic rings. The number of rotatable bonds is 7. The predicted octanol–water partition coefficient (Wildman–Crippen LogP) is 6.21. The lowest BCUT2D eigenvalue weighted by Crippen LogP contribution is -2.07. The van der Waals surface area contributed by atoms with Crippen molar-refractivity contribution in [3.63, 3.8) is 0 Å². The van der Waals surface area contributed by atoms with Crippen LogP contribution in [-0.4, -0.2) is 20.5 Å². The second-order valence-corrected chi connectivity index (χ2v) is 10.0. The van der Waals surface area contributed by atoms with Gasteiger partial charge in [-0.3, -0.25) is 0 Å². The number of nitrogens with one attached hydrogen (secondary N) is 1. The number of ether oxygens (including phenoxy) is 1. The van der Waals surface area contributed by atoms with Gasteiger partial charge in [0.2, 0.25) is 26.6 Å². The summed E-state index contributed by atoms with van der Waals surface area (Å²) in [6.07, 6.45) is 0. The summed E-state index contributed by atoms with van der Waals surface area (Å²) >= 11 is 9.31. The first-order valence-corrected chi connectivity index (χ1v) is 12.2. The molecule has 0 bridgehead atoms. The molecule has 3 aromatic carbocycles. The van der Waals surface area contributed by atoms with Crippen LogP contribution < -0.4 is 10.1 Å². The Balaban J connectivity index is 1.72. The van der Waals surface area contributed by atoms with Crippen molar-refractivity contribution in [1.82, 2.24) is 4.98 Å². The van der Waals surface area contributed by atoms with Crippen LogP contribution in [0, 0.1) is 0 Å². The van der Waals surface area contributed by atoms with Gasteiger partial charge in [0, 0.05) is 21.6 Å². The SMILES string of the molecule is COc1ccc(CNc2oc(-c3ccc(Br)cc3)nc2S(=O)(=O)c2ccc(Cl)cc2)cc1. The van der Waals surface area contributed by atoms with Crippen LogP contribution in [0.25, 0.3) is 11.5 Å². The third-order valence-corrected chi connectivity index (χ3v) is 7.14. The fourth-order valence-corrected chi connectivity index (χ4v) is 4.64. The molecule has 1 N–H and O–H groups in total. The average molecular weight is 534 g/mol. The van der Waals surface area contributed by atoms with Gasteiger partial charge < -0.3 is 14.5 Å². The topological polar surface area (TPSA) is 81.4 Å². The molecule has 0 fully saturated rings. The smallest absolute Gasteiger partial charge is 0.234 e. The van der Waals surface area contributed by atoms with E-state index in [0.717, 1.165) is 15.8 Å². The number of aromatic nitrogens is 1. The van der Waals surface area contributed by atoms with Gasteiger partial charge in [-0.05, 0) is 66.2 Å². The molecule has 4 rings (SSSR count). The number of oxazole rings is 1. The summed E-state index contributed by atoms with van der Waals surface area (Å²) in [6.45, 7) is 0.335. The standard InChI is InChI=1S/C23H18BrClN2O4S/c1-30-19-10-2-15(3-11-19)14-26-22-23(32(28,29)20-12-8-18(25)9-13-20)27-21(31-22)16-4-6-17(24)7-5-16/h2-13,26H,14H2,1H3. The van der Waals surface area contributed by atoms with E-state index in [1.807, 2.05) is 36.4 Å². The first kappa shape index (κ1) is 22.4. The molecule has 0 aliphatic carbocycles. The molecular formula is C23H18BrClN2O4S. The van der Waals surface area contributed by atoms with Crippen LogP contribution in [0.5, 0.6) is 5.75 Å². The van der Waals surface area contributed by atoms with Crippen molar-refractivity contribution in [1.29, 1.82) is 0 Å². The van der Waals surface area contributed by atoms with Gasteiger partial charge in [0.15, 0.2) is 0 Å². The molecule has 0 radical (unpaired) electrons. The van der Waals surface area contributed by atoms with E-state index < -0.39 is 9.84 Å². The van der Waals surface area contributed by atoms with Crippen molar-refractivity contribution in [2.75, 3.05) is 12.4 Å². The molecule has 1 heterocycles. The minimum Gasteiger partial charge on any atom is -0.497 e. The van der Waals surface area contributed by atoms with Crippen molar-refractivity contribution in [3.05, 3.63) is 87.9 Å². The number of methoxy groups -OCH3 is 1. The van der Waals surface area contributed by atoms with Crippen molar-refractivity contribution >= 4 is 43.3 Å². The van der Waals surface area contributed by atoms with E-state index in [1.54, 1.807) is 19.2 Å². The summed E-state index contributed by atoms with van der Waals surface area (Å²) < 4.78 is 38.6. The maximum Gasteiger partial charge on any atom is 0.234 e. The summed E-state index contributed by atoms with van der Waals surface area (Å²) in [5.41, 5.74) is 1.57. The summed E-state index contributed by atoms with van der Waals surface area (Å²) in [4.78, 5) is 4.41. The van der Waals surface area contributed by atoms with Crippen LogP contribution in [0.2, 0.25) is 5.02 Å². The van der Waals surface area contributed by atoms with Gasteiger partial charge in [0.05, 0.1) is 12.0 Å². The lowest BCUT2D eigenvalue weighted by molar-refractivity contribution is 0.414. The van der Waals surface area contributed by atoms with Gasteiger partial charge >= 0.3 is 0 Å². The van der Waals surface area contributed by atoms with Crippen molar-refractivity contribution < 1.29 is 17.6 Å². The van der Waals surface area contributed by atoms with Gasteiger partial charge in [-0.2, -0.15) is 4.98 Å². The van der Waals surface area contributed by atoms with Gasteiger partial charge in [-0.1, -0.05) is 39.7 Å². The number of halogens is 2. The molecule has 0 unspecified atom stereocenters. The highest BCUT2D eigenvalue weighted by Crippen LogP contribution is 2.33. The Hall–Kier alpha value is -2.81. The molecular weight excluding hydrogens is 516 g/mol. The minimum absolute atomic E-state index is 0.0636. The molecule has 164 valence electrons. The molecule has 0 aliphatic heterocycles. The Kier molecular flexibility index (Phi) is 6.55. The molecule has 0 atom stereocenters. The summed E-state index contributed by atoms with van der Waals surface area (Å²) in [5, 5.41) is 3.32. The lowest BCUT2D eigenvalue weighted by Gasteiger charge is -2.07. The summed E-state index contributed by atoms with van der Waals surface area (Å²) in [5.74, 6) is 0.993. The Morgan fingerprint density at radius 2 is 1.66 bits per heavy atom. The number of benzene rings is 3. The number of sulfone groups is 1. The number of hydrogen-bond acceptors (Lipinski definition) is 6. The number of anilines is 1. The van der Waals surface area contributed by atoms with E-state index in [-0.39, 0.29) is 21.7 Å². The maximum atomic E-state index is 13.3. The zero-order valence-corrected chi connectivity index (χ0v) is 20.0. The average Bonchev–Trinajstić information content (AvgIpc) is 3.24. The summed E-state index contributed by atoms with van der Waals surface area (Å²) in [7, 11) is -2.36. The first-order valence-electron chi connectivity index (χ1n) is 9.51. The van der Waals surface area contributed by atoms with Crippen molar-refractivity contribution in [2.24, 2.45) is 0 Å². The second-order valence-electron chi connectivity index (χ2n) is 6.82. The zero-order chi connectivity index (χ0) is 22.7. The number of nitrogens with zero attached hydrogens (tertiary/aromatic N) is 1. The summed E-state index contributed by atoms with van der Waals surface area (Å²) in [6, 6.07) is 20.6. The Morgan fingerprint density at radius 3 is 2.28 bits per heavy atom. The normalized spacial score (nSPS) is 11.3. The highest BCUT2D eigenvalue weighted by Gasteiger charge is 2.28. The van der Waals surface area contributed by atoms with E-state index in [0.29, 0.717) is 17.1 Å². The van der Waals surface area contributed by atoms with Gasteiger partial charge in [-0.25, -0.2) is 8.42 Å². The van der Waals surface area contributed by atoms with Crippen LogP contribution in [0.4, 0.5) is 5.88 Å². The van der Waals surface area contributed by atoms with E-state index in [9.17, 15) is 8.42 Å². The fourth-order valence-electron chi connectivity index (χ4n) is 2.97. The number of hydrogen-bond donors (Lipinski definition) is 1. The van der Waals surface area contributed by atoms with Crippen LogP contribution in [-0.2, 0) is 16.4 Å². The predicted molar refractivity (Wildman–Crippen MR) is 127 cm³/mol. The van der Waals surface area contributed by atoms with Crippen molar-refractivity contribution in [2.45, 2.75) is 16.5 Å². The van der Waals surface area contributed by atoms with Crippen LogP contribution in [0.1, 0.15) is 5.56 Å². The molecule has 0 spiro atoms. The molecule has 9 heteroatoms. The van der Waals surface area contributed by atoms with Crippen molar-refractivity contribution in [3.8, 4) is 17.2 Å². The molecule has 4 aromatic rings. The van der Waals surface area contributed by atoms with Crippen LogP contribution in [0.15, 0.2) is 91.6 Å². The second kappa shape index (κ2) is 9.36. The molecule has 6 nitrogen and oxygen atoms in total. The maximum absolute atomic E-state index is 13.3. The Morgan fingerprint density at radius 1 is 1.00 bits per heavy atom. The van der Waals surface area contributed by atoms with Gasteiger partial charge in [0.25, 0.3) is 0 Å². The first-order chi connectivity index (χ1) is 15.4. The molecule has 32 heavy (non-hydrogen) atoms. The highest BCUT2D eigenvalue weighted by molar-refractivity contribution is 9.10. The van der Waals surface area contributed by atoms with Crippen LogP contribution in [0.3, 0.4) is 0 Å². The third-order valence-electron chi connectivity index (χ3n) is 4.68. The third kappa shape index (κ3) is 4.82. The molecule has 0 saturated carbocycles. The van der Waals surface area contributed by atoms with Gasteiger partial charge in [0.1, 0.15) is 5.75 Å². The lowest BCUT2D eigenvalue weighted by atomic mass is 10.2. The molecule has 0 amide bonds. The molecule has 1 aromatic heterocycles. The Bertz CT molecular complexity index is 1320. The van der Waals surface area contributed by atoms with E-state index in [4.69, 9.17) is 20.8 Å². The van der Waals surface area contributed by atoms with E-state index in [1.165, 1.54) is 24.3 Å². The minimum atomic E-state index is -3.95. The Labute approximate surface area is 199 Å². The largest absolute Gasteiger partial charge is 0.497 e. The fraction of sp³-hybridized carbons (Fsp3) is 0.0870. The highest BCUT2D eigenvalue weighted by atomic mass is 79.9. The van der Waals surface area contributed by atoms with Gasteiger partial charge in [-0.15, -0.1) is 0 Å². The molecule has 0 saturated heterocycles. The monoisotopic (exact) mass is 532 g/mol. The van der Waals surface area contributed by atoms with Crippen LogP contribution >= 0.6 is 27.5 Å². The van der Waals surface area contributed by atoms with E-state index in [2.05, 4.69) is 26.2 Å².